The Morgan fingerprint density at radius 1 is 1.43 bits per heavy atom. The fourth-order valence-corrected chi connectivity index (χ4v) is 0.912. The summed E-state index contributed by atoms with van der Waals surface area (Å²) in [6.45, 7) is 1.86. The molecule has 0 aliphatic carbocycles. The van der Waals surface area contributed by atoms with E-state index in [1.165, 1.54) is 4.90 Å². The molecule has 1 aromatic rings. The Bertz CT molecular complexity index is 348. The number of nitrogen functional groups attached to an aromatic ring is 1. The molecule has 0 aliphatic heterocycles. The number of ether oxygens (including phenoxy) is 1. The van der Waals surface area contributed by atoms with E-state index in [0.29, 0.717) is 11.4 Å². The van der Waals surface area contributed by atoms with Crippen molar-refractivity contribution < 1.29 is 9.53 Å². The molecule has 0 atom stereocenters. The predicted molar refractivity (Wildman–Crippen MR) is 55.3 cm³/mol. The fraction of sp³-hybridized carbons (Fsp3) is 0.300. The lowest BCUT2D eigenvalue weighted by Crippen LogP contribution is -2.25. The van der Waals surface area contributed by atoms with E-state index >= 15 is 0 Å². The molecule has 0 saturated heterocycles. The third kappa shape index (κ3) is 2.39. The summed E-state index contributed by atoms with van der Waals surface area (Å²) in [7, 11) is 3.26. The summed E-state index contributed by atoms with van der Waals surface area (Å²) in [5, 5.41) is 0. The number of carbonyl (C=O) groups excluding carboxylic acids is 1. The summed E-state index contributed by atoms with van der Waals surface area (Å²) >= 11 is 0. The number of anilines is 1. The molecule has 4 nitrogen and oxygen atoms in total. The molecule has 14 heavy (non-hydrogen) atoms. The molecule has 1 aromatic carbocycles. The molecule has 1 rings (SSSR count). The Kier molecular flexibility index (Phi) is 2.96. The van der Waals surface area contributed by atoms with Crippen molar-refractivity contribution in [2.75, 3.05) is 19.8 Å². The van der Waals surface area contributed by atoms with Crippen molar-refractivity contribution in [2.45, 2.75) is 6.92 Å². The van der Waals surface area contributed by atoms with Crippen LogP contribution in [0.2, 0.25) is 0 Å². The summed E-state index contributed by atoms with van der Waals surface area (Å²) < 4.78 is 5.09. The monoisotopic (exact) mass is 194 g/mol. The van der Waals surface area contributed by atoms with Crippen molar-refractivity contribution in [3.63, 3.8) is 0 Å². The van der Waals surface area contributed by atoms with Crippen molar-refractivity contribution >= 4 is 11.8 Å². The van der Waals surface area contributed by atoms with Crippen LogP contribution in [-0.4, -0.2) is 25.1 Å². The lowest BCUT2D eigenvalue weighted by molar-refractivity contribution is 0.171. The van der Waals surface area contributed by atoms with Crippen LogP contribution in [0.5, 0.6) is 5.75 Å². The molecule has 76 valence electrons. The molecule has 0 aliphatic rings. The minimum atomic E-state index is -0.404. The van der Waals surface area contributed by atoms with E-state index in [2.05, 4.69) is 0 Å². The van der Waals surface area contributed by atoms with E-state index in [0.717, 1.165) is 5.56 Å². The maximum absolute atomic E-state index is 11.2. The average Bonchev–Trinajstić information content (AvgIpc) is 2.11. The van der Waals surface area contributed by atoms with Crippen LogP contribution in [0, 0.1) is 6.92 Å². The van der Waals surface area contributed by atoms with Crippen molar-refractivity contribution in [2.24, 2.45) is 0 Å². The quantitative estimate of drug-likeness (QED) is 0.691. The topological polar surface area (TPSA) is 55.6 Å². The smallest absolute Gasteiger partial charge is 0.410 e. The van der Waals surface area contributed by atoms with Crippen molar-refractivity contribution in [3.8, 4) is 5.75 Å². The standard InChI is InChI=1S/C10H14N2O2/c1-7-4-5-8(11)6-9(7)14-10(13)12(2)3/h4-6H,11H2,1-3H3. The second-order valence-corrected chi connectivity index (χ2v) is 3.29. The van der Waals surface area contributed by atoms with Gasteiger partial charge < -0.3 is 15.4 Å². The number of amides is 1. The van der Waals surface area contributed by atoms with Gasteiger partial charge in [-0.15, -0.1) is 0 Å². The van der Waals surface area contributed by atoms with Crippen LogP contribution in [0.1, 0.15) is 5.56 Å². The van der Waals surface area contributed by atoms with Crippen LogP contribution in [0.4, 0.5) is 10.5 Å². The fourth-order valence-electron chi connectivity index (χ4n) is 0.912. The molecular weight excluding hydrogens is 180 g/mol. The van der Waals surface area contributed by atoms with Gasteiger partial charge in [-0.2, -0.15) is 0 Å². The number of nitrogens with zero attached hydrogens (tertiary/aromatic N) is 1. The Hall–Kier alpha value is -1.71. The number of hydrogen-bond donors (Lipinski definition) is 1. The summed E-state index contributed by atoms with van der Waals surface area (Å²) in [6.07, 6.45) is -0.404. The first-order valence-electron chi connectivity index (χ1n) is 4.26. The Balaban J connectivity index is 2.86. The van der Waals surface area contributed by atoms with Crippen molar-refractivity contribution in [1.29, 1.82) is 0 Å². The lowest BCUT2D eigenvalue weighted by Gasteiger charge is -2.12. The zero-order valence-corrected chi connectivity index (χ0v) is 8.57. The summed E-state index contributed by atoms with van der Waals surface area (Å²) in [5.41, 5.74) is 7.04. The van der Waals surface area contributed by atoms with E-state index in [1.54, 1.807) is 26.2 Å². The maximum atomic E-state index is 11.2. The van der Waals surface area contributed by atoms with Gasteiger partial charge >= 0.3 is 6.09 Å². The zero-order chi connectivity index (χ0) is 10.7. The van der Waals surface area contributed by atoms with Crippen LogP contribution >= 0.6 is 0 Å². The molecule has 0 heterocycles. The highest BCUT2D eigenvalue weighted by Crippen LogP contribution is 2.21. The number of hydrogen-bond acceptors (Lipinski definition) is 3. The van der Waals surface area contributed by atoms with Gasteiger partial charge in [-0.1, -0.05) is 6.07 Å². The van der Waals surface area contributed by atoms with E-state index in [1.807, 2.05) is 13.0 Å². The summed E-state index contributed by atoms with van der Waals surface area (Å²) in [5.74, 6) is 0.503. The molecule has 0 spiro atoms. The van der Waals surface area contributed by atoms with Gasteiger partial charge in [0.25, 0.3) is 0 Å². The highest BCUT2D eigenvalue weighted by atomic mass is 16.6. The molecule has 0 saturated carbocycles. The van der Waals surface area contributed by atoms with Crippen molar-refractivity contribution in [3.05, 3.63) is 23.8 Å². The normalized spacial score (nSPS) is 9.64. The minimum absolute atomic E-state index is 0.404. The van der Waals surface area contributed by atoms with Crippen LogP contribution in [-0.2, 0) is 0 Å². The number of benzene rings is 1. The largest absolute Gasteiger partial charge is 0.414 e. The Morgan fingerprint density at radius 3 is 2.64 bits per heavy atom. The van der Waals surface area contributed by atoms with E-state index in [9.17, 15) is 4.79 Å². The molecule has 0 unspecified atom stereocenters. The third-order valence-corrected chi connectivity index (χ3v) is 1.77. The van der Waals surface area contributed by atoms with Gasteiger partial charge in [0.1, 0.15) is 5.75 Å². The van der Waals surface area contributed by atoms with Gasteiger partial charge in [-0.05, 0) is 18.6 Å². The second kappa shape index (κ2) is 4.00. The average molecular weight is 194 g/mol. The summed E-state index contributed by atoms with van der Waals surface area (Å²) in [4.78, 5) is 12.6. The molecule has 0 bridgehead atoms. The van der Waals surface area contributed by atoms with Crippen LogP contribution in [0.25, 0.3) is 0 Å². The maximum Gasteiger partial charge on any atom is 0.414 e. The minimum Gasteiger partial charge on any atom is -0.410 e. The van der Waals surface area contributed by atoms with E-state index in [4.69, 9.17) is 10.5 Å². The molecular formula is C10H14N2O2. The van der Waals surface area contributed by atoms with Gasteiger partial charge in [0.15, 0.2) is 0 Å². The predicted octanol–water partition coefficient (Wildman–Crippen LogP) is 1.64. The second-order valence-electron chi connectivity index (χ2n) is 3.29. The first kappa shape index (κ1) is 10.4. The molecule has 0 fully saturated rings. The van der Waals surface area contributed by atoms with Gasteiger partial charge in [-0.3, -0.25) is 0 Å². The number of rotatable bonds is 1. The number of carbonyl (C=O) groups is 1. The molecule has 0 radical (unpaired) electrons. The Labute approximate surface area is 83.3 Å². The van der Waals surface area contributed by atoms with Crippen LogP contribution in [0.3, 0.4) is 0 Å². The van der Waals surface area contributed by atoms with Gasteiger partial charge in [-0.25, -0.2) is 4.79 Å². The van der Waals surface area contributed by atoms with Crippen LogP contribution < -0.4 is 10.5 Å². The zero-order valence-electron chi connectivity index (χ0n) is 8.57. The lowest BCUT2D eigenvalue weighted by atomic mass is 10.2. The molecule has 0 aromatic heterocycles. The van der Waals surface area contributed by atoms with Gasteiger partial charge in [0, 0.05) is 25.8 Å². The highest BCUT2D eigenvalue weighted by Gasteiger charge is 2.08. The number of aryl methyl sites for hydroxylation is 1. The molecule has 4 heteroatoms. The molecule has 1 amide bonds. The number of nitrogens with two attached hydrogens (primary N) is 1. The van der Waals surface area contributed by atoms with E-state index in [-0.39, 0.29) is 0 Å². The third-order valence-electron chi connectivity index (χ3n) is 1.77. The van der Waals surface area contributed by atoms with Crippen LogP contribution in [0.15, 0.2) is 18.2 Å². The molecule has 2 N–H and O–H groups in total. The van der Waals surface area contributed by atoms with E-state index < -0.39 is 6.09 Å². The van der Waals surface area contributed by atoms with Crippen molar-refractivity contribution in [1.82, 2.24) is 4.90 Å². The first-order valence-corrected chi connectivity index (χ1v) is 4.26. The summed E-state index contributed by atoms with van der Waals surface area (Å²) in [6, 6.07) is 5.21. The first-order chi connectivity index (χ1) is 6.50. The van der Waals surface area contributed by atoms with Gasteiger partial charge in [0.2, 0.25) is 0 Å². The Morgan fingerprint density at radius 2 is 2.07 bits per heavy atom. The highest BCUT2D eigenvalue weighted by molar-refractivity contribution is 5.71. The van der Waals surface area contributed by atoms with Gasteiger partial charge in [0.05, 0.1) is 0 Å². The SMILES string of the molecule is Cc1ccc(N)cc1OC(=O)N(C)C.